The van der Waals surface area contributed by atoms with E-state index < -0.39 is 0 Å². The maximum absolute atomic E-state index is 12.1. The van der Waals surface area contributed by atoms with Crippen LogP contribution in [0, 0.1) is 0 Å². The Bertz CT molecular complexity index is 850. The van der Waals surface area contributed by atoms with Gasteiger partial charge in [-0.2, -0.15) is 5.10 Å². The van der Waals surface area contributed by atoms with E-state index in [1.807, 2.05) is 18.2 Å². The predicted molar refractivity (Wildman–Crippen MR) is 99.9 cm³/mol. The van der Waals surface area contributed by atoms with Gasteiger partial charge < -0.3 is 5.32 Å². The van der Waals surface area contributed by atoms with Crippen molar-refractivity contribution in [1.82, 2.24) is 20.5 Å². The first kappa shape index (κ1) is 16.3. The van der Waals surface area contributed by atoms with Crippen LogP contribution in [-0.4, -0.2) is 27.6 Å². The summed E-state index contributed by atoms with van der Waals surface area (Å²) in [4.78, 5) is 16.7. The molecule has 130 valence electrons. The van der Waals surface area contributed by atoms with Crippen LogP contribution in [0.1, 0.15) is 41.2 Å². The van der Waals surface area contributed by atoms with Gasteiger partial charge in [0.15, 0.2) is 0 Å². The van der Waals surface area contributed by atoms with Gasteiger partial charge >= 0.3 is 0 Å². The second-order valence-corrected chi connectivity index (χ2v) is 7.62. The van der Waals surface area contributed by atoms with Gasteiger partial charge in [0, 0.05) is 31.5 Å². The number of rotatable bonds is 6. The summed E-state index contributed by atoms with van der Waals surface area (Å²) in [5.74, 6) is 0.0914. The summed E-state index contributed by atoms with van der Waals surface area (Å²) in [6, 6.07) is 8.14. The van der Waals surface area contributed by atoms with Crippen LogP contribution in [0.15, 0.2) is 24.3 Å². The van der Waals surface area contributed by atoms with Gasteiger partial charge in [0.2, 0.25) is 5.91 Å². The van der Waals surface area contributed by atoms with E-state index in [4.69, 9.17) is 0 Å². The van der Waals surface area contributed by atoms with Crippen molar-refractivity contribution in [2.24, 2.45) is 0 Å². The summed E-state index contributed by atoms with van der Waals surface area (Å²) in [6.45, 7) is 0.636. The van der Waals surface area contributed by atoms with Gasteiger partial charge in [-0.15, -0.1) is 11.3 Å². The van der Waals surface area contributed by atoms with Crippen LogP contribution in [0.3, 0.4) is 0 Å². The van der Waals surface area contributed by atoms with E-state index in [0.29, 0.717) is 13.0 Å². The van der Waals surface area contributed by atoms with Crippen LogP contribution < -0.4 is 5.32 Å². The lowest BCUT2D eigenvalue weighted by atomic mass is 9.95. The van der Waals surface area contributed by atoms with Gasteiger partial charge in [0.1, 0.15) is 0 Å². The van der Waals surface area contributed by atoms with Crippen molar-refractivity contribution < 1.29 is 4.79 Å². The van der Waals surface area contributed by atoms with E-state index in [9.17, 15) is 4.79 Å². The molecule has 1 amide bonds. The molecule has 25 heavy (non-hydrogen) atoms. The van der Waals surface area contributed by atoms with Crippen LogP contribution in [0.25, 0.3) is 10.2 Å². The fraction of sp³-hybridized carbons (Fsp3) is 0.421. The molecule has 0 spiro atoms. The smallest absolute Gasteiger partial charge is 0.220 e. The van der Waals surface area contributed by atoms with Gasteiger partial charge in [0.25, 0.3) is 0 Å². The Kier molecular flexibility index (Phi) is 4.78. The number of carbonyl (C=O) groups is 1. The third-order valence-corrected chi connectivity index (χ3v) is 5.83. The Hall–Kier alpha value is -2.21. The van der Waals surface area contributed by atoms with Crippen LogP contribution >= 0.6 is 11.3 Å². The first-order valence-electron chi connectivity index (χ1n) is 8.96. The van der Waals surface area contributed by atoms with Crippen LogP contribution in [0.2, 0.25) is 0 Å². The molecule has 1 aliphatic carbocycles. The minimum Gasteiger partial charge on any atom is -0.356 e. The second-order valence-electron chi connectivity index (χ2n) is 6.51. The lowest BCUT2D eigenvalue weighted by Gasteiger charge is -2.11. The van der Waals surface area contributed by atoms with Gasteiger partial charge in [0.05, 0.1) is 20.9 Å². The molecule has 0 bridgehead atoms. The summed E-state index contributed by atoms with van der Waals surface area (Å²) in [6.07, 6.45) is 6.66. The maximum Gasteiger partial charge on any atom is 0.220 e. The Labute approximate surface area is 150 Å². The highest BCUT2D eigenvalue weighted by Crippen LogP contribution is 2.23. The van der Waals surface area contributed by atoms with Crippen LogP contribution in [0.4, 0.5) is 0 Å². The zero-order valence-electron chi connectivity index (χ0n) is 14.2. The van der Waals surface area contributed by atoms with Gasteiger partial charge in [-0.05, 0) is 43.4 Å². The van der Waals surface area contributed by atoms with E-state index in [0.717, 1.165) is 41.9 Å². The van der Waals surface area contributed by atoms with Crippen molar-refractivity contribution in [3.05, 3.63) is 46.2 Å². The molecule has 0 saturated carbocycles. The minimum atomic E-state index is 0.0914. The second kappa shape index (κ2) is 7.35. The Morgan fingerprint density at radius 1 is 1.20 bits per heavy atom. The number of fused-ring (bicyclic) bond motifs is 2. The molecular weight excluding hydrogens is 332 g/mol. The largest absolute Gasteiger partial charge is 0.356 e. The normalized spacial score (nSPS) is 13.8. The zero-order chi connectivity index (χ0) is 17.1. The maximum atomic E-state index is 12.1. The number of aryl methyl sites for hydroxylation is 2. The highest BCUT2D eigenvalue weighted by molar-refractivity contribution is 7.18. The van der Waals surface area contributed by atoms with Crippen molar-refractivity contribution in [1.29, 1.82) is 0 Å². The standard InChI is InChI=1S/C19H22N4OS/c24-18(10-9-15-13-5-1-2-6-14(13)22-23-15)20-12-11-19-21-16-7-3-4-8-17(16)25-19/h3-4,7-8H,1-2,5-6,9-12H2,(H,20,24)(H,22,23). The number of aromatic nitrogens is 3. The molecule has 0 aliphatic heterocycles. The summed E-state index contributed by atoms with van der Waals surface area (Å²) in [5.41, 5.74) is 4.75. The molecule has 0 unspecified atom stereocenters. The molecule has 1 aliphatic rings. The lowest BCUT2D eigenvalue weighted by Crippen LogP contribution is -2.26. The van der Waals surface area contributed by atoms with Crippen LogP contribution in [0.5, 0.6) is 0 Å². The fourth-order valence-electron chi connectivity index (χ4n) is 3.41. The molecule has 2 N–H and O–H groups in total. The quantitative estimate of drug-likeness (QED) is 0.714. The Morgan fingerprint density at radius 2 is 2.08 bits per heavy atom. The van der Waals surface area contributed by atoms with Crippen molar-refractivity contribution in [3.8, 4) is 0 Å². The fourth-order valence-corrected chi connectivity index (χ4v) is 4.38. The number of para-hydroxylation sites is 1. The molecule has 2 aromatic heterocycles. The predicted octanol–water partition coefficient (Wildman–Crippen LogP) is 3.19. The summed E-state index contributed by atoms with van der Waals surface area (Å²) < 4.78 is 1.20. The zero-order valence-corrected chi connectivity index (χ0v) is 15.0. The number of hydrogen-bond acceptors (Lipinski definition) is 4. The summed E-state index contributed by atoms with van der Waals surface area (Å²) >= 11 is 1.70. The van der Waals surface area contributed by atoms with Crippen molar-refractivity contribution in [2.75, 3.05) is 6.54 Å². The molecule has 0 radical (unpaired) electrons. The number of amides is 1. The van der Waals surface area contributed by atoms with E-state index in [-0.39, 0.29) is 5.91 Å². The van der Waals surface area contributed by atoms with E-state index in [2.05, 4.69) is 26.6 Å². The first-order chi connectivity index (χ1) is 12.3. The molecule has 2 heterocycles. The average Bonchev–Trinajstić information content (AvgIpc) is 3.23. The van der Waals surface area contributed by atoms with Crippen molar-refractivity contribution in [3.63, 3.8) is 0 Å². The van der Waals surface area contributed by atoms with E-state index in [1.165, 1.54) is 28.8 Å². The number of hydrogen-bond donors (Lipinski definition) is 2. The van der Waals surface area contributed by atoms with E-state index >= 15 is 0 Å². The molecule has 5 nitrogen and oxygen atoms in total. The van der Waals surface area contributed by atoms with Gasteiger partial charge in [-0.3, -0.25) is 9.89 Å². The summed E-state index contributed by atoms with van der Waals surface area (Å²) in [5, 5.41) is 11.6. The van der Waals surface area contributed by atoms with Crippen molar-refractivity contribution in [2.45, 2.75) is 44.9 Å². The molecular formula is C19H22N4OS. The first-order valence-corrected chi connectivity index (χ1v) is 9.77. The molecule has 1 aromatic carbocycles. The topological polar surface area (TPSA) is 70.7 Å². The van der Waals surface area contributed by atoms with Gasteiger partial charge in [-0.25, -0.2) is 4.98 Å². The monoisotopic (exact) mass is 354 g/mol. The number of thiazole rings is 1. The van der Waals surface area contributed by atoms with Crippen molar-refractivity contribution >= 4 is 27.5 Å². The number of benzene rings is 1. The Morgan fingerprint density at radius 3 is 3.00 bits per heavy atom. The third-order valence-electron chi connectivity index (χ3n) is 4.73. The molecule has 0 saturated heterocycles. The molecule has 0 fully saturated rings. The number of carbonyl (C=O) groups excluding carboxylic acids is 1. The van der Waals surface area contributed by atoms with Crippen LogP contribution in [-0.2, 0) is 30.5 Å². The lowest BCUT2D eigenvalue weighted by molar-refractivity contribution is -0.121. The molecule has 6 heteroatoms. The average molecular weight is 354 g/mol. The SMILES string of the molecule is O=C(CCc1n[nH]c2c1CCCC2)NCCc1nc2ccccc2s1. The summed E-state index contributed by atoms with van der Waals surface area (Å²) in [7, 11) is 0. The third kappa shape index (κ3) is 3.74. The number of nitrogens with zero attached hydrogens (tertiary/aromatic N) is 2. The molecule has 3 aromatic rings. The Balaban J connectivity index is 1.24. The molecule has 0 atom stereocenters. The number of aromatic amines is 1. The van der Waals surface area contributed by atoms with Gasteiger partial charge in [-0.1, -0.05) is 12.1 Å². The highest BCUT2D eigenvalue weighted by atomic mass is 32.1. The number of H-pyrrole nitrogens is 1. The van der Waals surface area contributed by atoms with E-state index in [1.54, 1.807) is 11.3 Å². The number of nitrogens with one attached hydrogen (secondary N) is 2. The molecule has 4 rings (SSSR count). The minimum absolute atomic E-state index is 0.0914. The highest BCUT2D eigenvalue weighted by Gasteiger charge is 2.17.